The van der Waals surface area contributed by atoms with Gasteiger partial charge in [-0.1, -0.05) is 38.3 Å². The Hall–Kier alpha value is -1.31. The highest BCUT2D eigenvalue weighted by molar-refractivity contribution is 14.0. The molecule has 0 heterocycles. The first kappa shape index (κ1) is 24.7. The van der Waals surface area contributed by atoms with Crippen molar-refractivity contribution < 1.29 is 4.79 Å². The smallest absolute Gasteiger partial charge is 0.253 e. The zero-order valence-electron chi connectivity index (χ0n) is 16.8. The lowest BCUT2D eigenvalue weighted by atomic mass is 10.1. The van der Waals surface area contributed by atoms with Crippen molar-refractivity contribution in [3.05, 3.63) is 35.4 Å². The number of carbonyl (C=O) groups is 1. The Morgan fingerprint density at radius 3 is 2.35 bits per heavy atom. The van der Waals surface area contributed by atoms with E-state index in [4.69, 9.17) is 0 Å². The fourth-order valence-corrected chi connectivity index (χ4v) is 2.51. The van der Waals surface area contributed by atoms with E-state index in [1.807, 2.05) is 24.3 Å². The lowest BCUT2D eigenvalue weighted by molar-refractivity contribution is 0.0827. The maximum Gasteiger partial charge on any atom is 0.253 e. The molecule has 0 saturated heterocycles. The molecular weight excluding hydrogens is 439 g/mol. The fraction of sp³-hybridized carbons (Fsp3) is 0.600. The molecule has 0 aliphatic rings. The summed E-state index contributed by atoms with van der Waals surface area (Å²) in [7, 11) is 3.52. The molecule has 5 nitrogen and oxygen atoms in total. The minimum absolute atomic E-state index is 0. The molecule has 1 rings (SSSR count). The van der Waals surface area contributed by atoms with Crippen LogP contribution in [0.2, 0.25) is 0 Å². The Labute approximate surface area is 176 Å². The van der Waals surface area contributed by atoms with E-state index in [0.717, 1.165) is 24.5 Å². The van der Waals surface area contributed by atoms with Crippen LogP contribution in [0.4, 0.5) is 0 Å². The van der Waals surface area contributed by atoms with Crippen LogP contribution in [-0.4, -0.2) is 43.4 Å². The van der Waals surface area contributed by atoms with E-state index < -0.39 is 0 Å². The van der Waals surface area contributed by atoms with Gasteiger partial charge in [0, 0.05) is 32.2 Å². The van der Waals surface area contributed by atoms with Crippen LogP contribution >= 0.6 is 24.0 Å². The quantitative estimate of drug-likeness (QED) is 0.246. The van der Waals surface area contributed by atoms with Gasteiger partial charge in [-0.3, -0.25) is 4.79 Å². The number of unbranched alkanes of at least 4 members (excludes halogenated alkanes) is 2. The average Bonchev–Trinajstić information content (AvgIpc) is 2.60. The number of aliphatic imine (C=N–C) groups is 1. The van der Waals surface area contributed by atoms with E-state index in [9.17, 15) is 4.79 Å². The first-order chi connectivity index (χ1) is 12.0. The van der Waals surface area contributed by atoms with Crippen LogP contribution in [0, 0.1) is 0 Å². The summed E-state index contributed by atoms with van der Waals surface area (Å²) in [6.45, 7) is 7.92. The van der Waals surface area contributed by atoms with Crippen molar-refractivity contribution in [2.75, 3.05) is 20.6 Å². The average molecular weight is 474 g/mol. The lowest BCUT2D eigenvalue weighted by Gasteiger charge is -2.17. The second-order valence-corrected chi connectivity index (χ2v) is 6.63. The number of benzene rings is 1. The summed E-state index contributed by atoms with van der Waals surface area (Å²) in [6, 6.07) is 8.06. The third-order valence-electron chi connectivity index (χ3n) is 3.99. The van der Waals surface area contributed by atoms with Gasteiger partial charge in [-0.2, -0.15) is 0 Å². The SMILES string of the molecule is CCCCCC(C)NC(=NCc1ccc(C(=O)N(C)C)cc1)NCC.I. The predicted molar refractivity (Wildman–Crippen MR) is 121 cm³/mol. The van der Waals surface area contributed by atoms with E-state index in [-0.39, 0.29) is 29.9 Å². The Morgan fingerprint density at radius 1 is 1.15 bits per heavy atom. The molecule has 1 aromatic rings. The Kier molecular flexibility index (Phi) is 13.1. The Bertz CT molecular complexity index is 543. The van der Waals surface area contributed by atoms with E-state index in [1.165, 1.54) is 19.3 Å². The summed E-state index contributed by atoms with van der Waals surface area (Å²) >= 11 is 0. The molecular formula is C20H35IN4O. The third kappa shape index (κ3) is 9.40. The number of hydrogen-bond acceptors (Lipinski definition) is 2. The summed E-state index contributed by atoms with van der Waals surface area (Å²) in [5, 5.41) is 6.77. The summed E-state index contributed by atoms with van der Waals surface area (Å²) in [4.78, 5) is 18.2. The van der Waals surface area contributed by atoms with E-state index in [0.29, 0.717) is 18.2 Å². The molecule has 0 saturated carbocycles. The number of hydrogen-bond donors (Lipinski definition) is 2. The molecule has 6 heteroatoms. The molecule has 0 fully saturated rings. The lowest BCUT2D eigenvalue weighted by Crippen LogP contribution is -2.42. The van der Waals surface area contributed by atoms with Crippen molar-refractivity contribution in [2.24, 2.45) is 4.99 Å². The summed E-state index contributed by atoms with van der Waals surface area (Å²) in [5.74, 6) is 0.867. The molecule has 2 N–H and O–H groups in total. The van der Waals surface area contributed by atoms with E-state index in [2.05, 4.69) is 36.4 Å². The highest BCUT2D eigenvalue weighted by Crippen LogP contribution is 2.08. The number of guanidine groups is 1. The summed E-state index contributed by atoms with van der Waals surface area (Å²) < 4.78 is 0. The van der Waals surface area contributed by atoms with Crippen molar-refractivity contribution in [1.82, 2.24) is 15.5 Å². The second kappa shape index (κ2) is 13.8. The summed E-state index contributed by atoms with van der Waals surface area (Å²) in [6.07, 6.45) is 4.91. The van der Waals surface area contributed by atoms with Crippen LogP contribution < -0.4 is 10.6 Å². The van der Waals surface area contributed by atoms with Gasteiger partial charge >= 0.3 is 0 Å². The van der Waals surface area contributed by atoms with Gasteiger partial charge in [0.1, 0.15) is 0 Å². The minimum Gasteiger partial charge on any atom is -0.357 e. The first-order valence-corrected chi connectivity index (χ1v) is 9.33. The van der Waals surface area contributed by atoms with Gasteiger partial charge in [-0.05, 0) is 38.0 Å². The first-order valence-electron chi connectivity index (χ1n) is 9.33. The summed E-state index contributed by atoms with van der Waals surface area (Å²) in [5.41, 5.74) is 1.79. The Balaban J connectivity index is 0.00000625. The van der Waals surface area contributed by atoms with Crippen molar-refractivity contribution in [1.29, 1.82) is 0 Å². The van der Waals surface area contributed by atoms with E-state index in [1.54, 1.807) is 19.0 Å². The zero-order valence-corrected chi connectivity index (χ0v) is 19.2. The van der Waals surface area contributed by atoms with Gasteiger partial charge in [0.15, 0.2) is 5.96 Å². The number of nitrogens with one attached hydrogen (secondary N) is 2. The minimum atomic E-state index is 0. The molecule has 148 valence electrons. The zero-order chi connectivity index (χ0) is 18.7. The highest BCUT2D eigenvalue weighted by Gasteiger charge is 2.08. The molecule has 0 spiro atoms. The largest absolute Gasteiger partial charge is 0.357 e. The van der Waals surface area contributed by atoms with Crippen LogP contribution in [0.1, 0.15) is 62.4 Å². The van der Waals surface area contributed by atoms with Crippen LogP contribution in [0.15, 0.2) is 29.3 Å². The van der Waals surface area contributed by atoms with Gasteiger partial charge in [0.25, 0.3) is 5.91 Å². The highest BCUT2D eigenvalue weighted by atomic mass is 127. The number of amides is 1. The molecule has 1 unspecified atom stereocenters. The van der Waals surface area contributed by atoms with Crippen LogP contribution in [-0.2, 0) is 6.54 Å². The van der Waals surface area contributed by atoms with Crippen LogP contribution in [0.3, 0.4) is 0 Å². The van der Waals surface area contributed by atoms with Crippen molar-refractivity contribution in [3.8, 4) is 0 Å². The number of carbonyl (C=O) groups excluding carboxylic acids is 1. The second-order valence-electron chi connectivity index (χ2n) is 6.63. The monoisotopic (exact) mass is 474 g/mol. The molecule has 0 aromatic heterocycles. The van der Waals surface area contributed by atoms with Crippen molar-refractivity contribution >= 4 is 35.8 Å². The molecule has 0 bridgehead atoms. The topological polar surface area (TPSA) is 56.7 Å². The maximum atomic E-state index is 11.9. The van der Waals surface area contributed by atoms with Gasteiger partial charge in [-0.25, -0.2) is 4.99 Å². The van der Waals surface area contributed by atoms with Gasteiger partial charge in [0.2, 0.25) is 0 Å². The van der Waals surface area contributed by atoms with Crippen LogP contribution in [0.5, 0.6) is 0 Å². The maximum absolute atomic E-state index is 11.9. The van der Waals surface area contributed by atoms with E-state index >= 15 is 0 Å². The molecule has 1 aromatic carbocycles. The molecule has 0 aliphatic carbocycles. The molecule has 26 heavy (non-hydrogen) atoms. The third-order valence-corrected chi connectivity index (χ3v) is 3.99. The standard InChI is InChI=1S/C20H34N4O.HI/c1-6-8-9-10-16(3)23-20(21-7-2)22-15-17-11-13-18(14-12-17)19(25)24(4)5;/h11-14,16H,6-10,15H2,1-5H3,(H2,21,22,23);1H. The molecule has 0 aliphatic heterocycles. The fourth-order valence-electron chi connectivity index (χ4n) is 2.51. The molecule has 1 amide bonds. The van der Waals surface area contributed by atoms with Gasteiger partial charge in [0.05, 0.1) is 6.54 Å². The normalized spacial score (nSPS) is 12.1. The Morgan fingerprint density at radius 2 is 1.81 bits per heavy atom. The van der Waals surface area contributed by atoms with Crippen molar-refractivity contribution in [2.45, 2.75) is 59.0 Å². The number of rotatable bonds is 9. The van der Waals surface area contributed by atoms with Gasteiger partial charge in [-0.15, -0.1) is 24.0 Å². The van der Waals surface area contributed by atoms with Gasteiger partial charge < -0.3 is 15.5 Å². The number of halogens is 1. The van der Waals surface area contributed by atoms with Crippen LogP contribution in [0.25, 0.3) is 0 Å². The molecule has 1 atom stereocenters. The predicted octanol–water partition coefficient (Wildman–Crippen LogP) is 4.03. The molecule has 0 radical (unpaired) electrons. The number of nitrogens with zero attached hydrogens (tertiary/aromatic N) is 2. The van der Waals surface area contributed by atoms with Crippen molar-refractivity contribution in [3.63, 3.8) is 0 Å².